The molecule has 2 aliphatic heterocycles. The molecule has 2 aromatic heterocycles. The Bertz CT molecular complexity index is 1470. The van der Waals surface area contributed by atoms with Gasteiger partial charge in [0.25, 0.3) is 5.56 Å². The van der Waals surface area contributed by atoms with Crippen molar-refractivity contribution in [2.24, 2.45) is 5.92 Å². The largest absolute Gasteiger partial charge is 0.465 e. The molecule has 0 bridgehead atoms. The van der Waals surface area contributed by atoms with Crippen LogP contribution in [0.4, 0.5) is 5.82 Å². The third kappa shape index (κ3) is 4.29. The Balaban J connectivity index is 1.50. The number of ether oxygens (including phenoxy) is 1. The van der Waals surface area contributed by atoms with Crippen molar-refractivity contribution in [3.05, 3.63) is 112 Å². The van der Waals surface area contributed by atoms with Crippen LogP contribution in [0.5, 0.6) is 0 Å². The van der Waals surface area contributed by atoms with Crippen molar-refractivity contribution in [1.29, 1.82) is 0 Å². The fourth-order valence-electron chi connectivity index (χ4n) is 5.97. The number of aromatic nitrogens is 2. The van der Waals surface area contributed by atoms with Gasteiger partial charge in [0.1, 0.15) is 17.5 Å². The maximum Gasteiger partial charge on any atom is 0.323 e. The minimum Gasteiger partial charge on any atom is -0.465 e. The number of hydrogen-bond donors (Lipinski definition) is 0. The molecular weight excluding hydrogens is 464 g/mol. The molecular formula is C30H30N4O3. The molecule has 0 aliphatic carbocycles. The lowest BCUT2D eigenvalue weighted by Gasteiger charge is -2.39. The number of likely N-dealkylation sites (tertiary alicyclic amines) is 1. The second-order valence-electron chi connectivity index (χ2n) is 9.82. The van der Waals surface area contributed by atoms with E-state index in [9.17, 15) is 9.59 Å². The van der Waals surface area contributed by atoms with Crippen LogP contribution in [0.2, 0.25) is 0 Å². The molecule has 6 rings (SSSR count). The summed E-state index contributed by atoms with van der Waals surface area (Å²) in [6.45, 7) is 4.08. The summed E-state index contributed by atoms with van der Waals surface area (Å²) >= 11 is 0. The quantitative estimate of drug-likeness (QED) is 0.374. The van der Waals surface area contributed by atoms with E-state index in [1.807, 2.05) is 61.5 Å². The van der Waals surface area contributed by atoms with Gasteiger partial charge in [-0.2, -0.15) is 0 Å². The summed E-state index contributed by atoms with van der Waals surface area (Å²) in [6, 6.07) is 25.3. The highest BCUT2D eigenvalue weighted by Crippen LogP contribution is 2.47. The number of benzene rings is 2. The molecule has 0 spiro atoms. The number of nitrogens with zero attached hydrogens (tertiary/aromatic N) is 4. The Morgan fingerprint density at radius 1 is 0.946 bits per heavy atom. The summed E-state index contributed by atoms with van der Waals surface area (Å²) in [5.74, 6) is 0.576. The molecule has 1 fully saturated rings. The molecule has 0 N–H and O–H groups in total. The van der Waals surface area contributed by atoms with Crippen molar-refractivity contribution in [3.8, 4) is 0 Å². The summed E-state index contributed by atoms with van der Waals surface area (Å²) < 4.78 is 7.14. The number of esters is 1. The zero-order chi connectivity index (χ0) is 25.4. The highest BCUT2D eigenvalue weighted by atomic mass is 16.5. The second-order valence-corrected chi connectivity index (χ2v) is 9.82. The van der Waals surface area contributed by atoms with Crippen LogP contribution in [0.1, 0.15) is 36.1 Å². The molecule has 0 saturated carbocycles. The summed E-state index contributed by atoms with van der Waals surface area (Å²) in [7, 11) is 0. The highest BCUT2D eigenvalue weighted by molar-refractivity contribution is 5.77. The van der Waals surface area contributed by atoms with Crippen LogP contribution >= 0.6 is 0 Å². The molecule has 0 unspecified atom stereocenters. The molecule has 4 aromatic rings. The molecule has 4 heterocycles. The van der Waals surface area contributed by atoms with E-state index in [2.05, 4.69) is 34.1 Å². The number of hydrogen-bond acceptors (Lipinski definition) is 6. The van der Waals surface area contributed by atoms with Crippen LogP contribution < -0.4 is 10.5 Å². The van der Waals surface area contributed by atoms with E-state index < -0.39 is 6.04 Å². The molecule has 37 heavy (non-hydrogen) atoms. The lowest BCUT2D eigenvalue weighted by atomic mass is 9.89. The fourth-order valence-corrected chi connectivity index (χ4v) is 5.97. The number of carbonyl (C=O) groups excluding carboxylic acids is 1. The lowest BCUT2D eigenvalue weighted by Crippen LogP contribution is -2.45. The standard InChI is InChI=1S/C30H30N4O3/c1-2-37-30(36)24-17-23-20-32(18-21-11-5-3-6-12-21)28-26(29(35)33-16-10-9-15-25(33)31-28)27(23)34(24)19-22-13-7-4-8-14-22/h3-16,23-24,27H,2,17-20H2,1H3/t23-,24-,27-/m0/s1. The minimum absolute atomic E-state index is 0.0732. The van der Waals surface area contributed by atoms with Crippen molar-refractivity contribution >= 4 is 17.4 Å². The zero-order valence-corrected chi connectivity index (χ0v) is 20.9. The van der Waals surface area contributed by atoms with E-state index in [0.717, 1.165) is 11.1 Å². The monoisotopic (exact) mass is 494 g/mol. The summed E-state index contributed by atoms with van der Waals surface area (Å²) in [5, 5.41) is 0. The molecule has 188 valence electrons. The summed E-state index contributed by atoms with van der Waals surface area (Å²) in [5.41, 5.74) is 3.47. The maximum atomic E-state index is 14.1. The predicted octanol–water partition coefficient (Wildman–Crippen LogP) is 4.21. The van der Waals surface area contributed by atoms with Crippen LogP contribution in [0.3, 0.4) is 0 Å². The number of pyridine rings is 1. The van der Waals surface area contributed by atoms with E-state index in [1.165, 1.54) is 0 Å². The molecule has 7 nitrogen and oxygen atoms in total. The molecule has 2 aliphatic rings. The van der Waals surface area contributed by atoms with Gasteiger partial charge in [0, 0.05) is 31.9 Å². The second kappa shape index (κ2) is 9.82. The van der Waals surface area contributed by atoms with E-state index in [4.69, 9.17) is 9.72 Å². The average molecular weight is 495 g/mol. The number of carbonyl (C=O) groups is 1. The Morgan fingerprint density at radius 3 is 2.32 bits per heavy atom. The minimum atomic E-state index is -0.421. The zero-order valence-electron chi connectivity index (χ0n) is 20.9. The van der Waals surface area contributed by atoms with Crippen molar-refractivity contribution in [1.82, 2.24) is 14.3 Å². The Morgan fingerprint density at radius 2 is 1.62 bits per heavy atom. The highest BCUT2D eigenvalue weighted by Gasteiger charge is 2.51. The van der Waals surface area contributed by atoms with Gasteiger partial charge in [0.15, 0.2) is 0 Å². The van der Waals surface area contributed by atoms with Gasteiger partial charge >= 0.3 is 5.97 Å². The van der Waals surface area contributed by atoms with Crippen LogP contribution in [0.25, 0.3) is 5.65 Å². The van der Waals surface area contributed by atoms with Crippen molar-refractivity contribution in [3.63, 3.8) is 0 Å². The van der Waals surface area contributed by atoms with E-state index in [-0.39, 0.29) is 23.5 Å². The van der Waals surface area contributed by atoms with Gasteiger partial charge in [-0.3, -0.25) is 18.9 Å². The predicted molar refractivity (Wildman–Crippen MR) is 142 cm³/mol. The van der Waals surface area contributed by atoms with Gasteiger partial charge in [0.2, 0.25) is 0 Å². The van der Waals surface area contributed by atoms with E-state index in [0.29, 0.717) is 49.7 Å². The summed E-state index contributed by atoms with van der Waals surface area (Å²) in [6.07, 6.45) is 2.41. The first-order valence-corrected chi connectivity index (χ1v) is 12.9. The van der Waals surface area contributed by atoms with Gasteiger partial charge in [-0.05, 0) is 42.5 Å². The first kappa shape index (κ1) is 23.4. The smallest absolute Gasteiger partial charge is 0.323 e. The van der Waals surface area contributed by atoms with Crippen LogP contribution in [-0.2, 0) is 22.6 Å². The van der Waals surface area contributed by atoms with Crippen molar-refractivity contribution in [2.45, 2.75) is 38.5 Å². The third-order valence-electron chi connectivity index (χ3n) is 7.51. The Kier molecular flexibility index (Phi) is 6.22. The SMILES string of the molecule is CCOC(=O)[C@@H]1C[C@H]2CN(Cc3ccccc3)c3nc4ccccn4c(=O)c3[C@H]2N1Cc1ccccc1. The summed E-state index contributed by atoms with van der Waals surface area (Å²) in [4.78, 5) is 36.7. The van der Waals surface area contributed by atoms with Crippen molar-refractivity contribution < 1.29 is 9.53 Å². The number of fused-ring (bicyclic) bond motifs is 4. The maximum absolute atomic E-state index is 14.1. The molecule has 1 saturated heterocycles. The topological polar surface area (TPSA) is 67.2 Å². The van der Waals surface area contributed by atoms with Gasteiger partial charge in [-0.1, -0.05) is 66.7 Å². The van der Waals surface area contributed by atoms with Gasteiger partial charge in [-0.25, -0.2) is 4.98 Å². The molecule has 0 amide bonds. The molecule has 7 heteroatoms. The molecule has 0 radical (unpaired) electrons. The Labute approximate surface area is 215 Å². The average Bonchev–Trinajstić information content (AvgIpc) is 3.28. The van der Waals surface area contributed by atoms with Crippen LogP contribution in [0.15, 0.2) is 89.9 Å². The van der Waals surface area contributed by atoms with E-state index >= 15 is 0 Å². The van der Waals surface area contributed by atoms with Gasteiger partial charge in [-0.15, -0.1) is 0 Å². The molecule has 3 atom stereocenters. The third-order valence-corrected chi connectivity index (χ3v) is 7.51. The van der Waals surface area contributed by atoms with E-state index in [1.54, 1.807) is 10.6 Å². The van der Waals surface area contributed by atoms with Crippen LogP contribution in [-0.4, -0.2) is 39.4 Å². The van der Waals surface area contributed by atoms with Crippen LogP contribution in [0, 0.1) is 5.92 Å². The molecule has 2 aromatic carbocycles. The van der Waals surface area contributed by atoms with Crippen molar-refractivity contribution in [2.75, 3.05) is 18.1 Å². The Hall–Kier alpha value is -3.97. The van der Waals surface area contributed by atoms with Gasteiger partial charge in [0.05, 0.1) is 12.2 Å². The first-order chi connectivity index (χ1) is 18.1. The number of rotatable bonds is 6. The normalized spacial score (nSPS) is 21.0. The number of anilines is 1. The lowest BCUT2D eigenvalue weighted by molar-refractivity contribution is -0.149. The fraction of sp³-hybridized carbons (Fsp3) is 0.300. The van der Waals surface area contributed by atoms with Gasteiger partial charge < -0.3 is 9.64 Å². The first-order valence-electron chi connectivity index (χ1n) is 12.9.